The maximum Gasteiger partial charge on any atom is 0.321 e. The number of ketones is 1. The van der Waals surface area contributed by atoms with Gasteiger partial charge < -0.3 is 20.3 Å². The summed E-state index contributed by atoms with van der Waals surface area (Å²) in [5, 5.41) is 6.28. The minimum absolute atomic E-state index is 0.104. The number of nitrogens with zero attached hydrogens (tertiary/aromatic N) is 2. The third-order valence-electron chi connectivity index (χ3n) is 7.57. The average molecular weight is 463 g/mol. The summed E-state index contributed by atoms with van der Waals surface area (Å²) < 4.78 is 6.33. The third kappa shape index (κ3) is 5.09. The number of ether oxygens (including phenoxy) is 1. The van der Waals surface area contributed by atoms with E-state index in [1.807, 2.05) is 36.5 Å². The SMILES string of the molecule is O=C(Nc1ccc(O[C@]2(C(=O)CC3CCCCC3)CCNC2)cc1)N1CC(c2cccnc2)C1. The van der Waals surface area contributed by atoms with Crippen molar-refractivity contribution in [2.75, 3.05) is 31.5 Å². The molecule has 1 aliphatic carbocycles. The summed E-state index contributed by atoms with van der Waals surface area (Å²) in [5.74, 6) is 1.73. The lowest BCUT2D eigenvalue weighted by atomic mass is 9.82. The van der Waals surface area contributed by atoms with Crippen molar-refractivity contribution in [2.45, 2.75) is 56.5 Å². The zero-order chi connectivity index (χ0) is 23.4. The summed E-state index contributed by atoms with van der Waals surface area (Å²) in [5.41, 5.74) is 1.11. The van der Waals surface area contributed by atoms with E-state index < -0.39 is 5.60 Å². The molecule has 2 aliphatic heterocycles. The molecule has 7 nitrogen and oxygen atoms in total. The summed E-state index contributed by atoms with van der Waals surface area (Å²) in [4.78, 5) is 31.8. The van der Waals surface area contributed by atoms with Gasteiger partial charge in [0.2, 0.25) is 0 Å². The van der Waals surface area contributed by atoms with Gasteiger partial charge in [-0.2, -0.15) is 0 Å². The van der Waals surface area contributed by atoms with Gasteiger partial charge in [0.15, 0.2) is 11.4 Å². The number of Topliss-reactive ketones (excluding diaryl/α,β-unsaturated/α-hetero) is 1. The van der Waals surface area contributed by atoms with Crippen LogP contribution in [0.1, 0.15) is 56.4 Å². The van der Waals surface area contributed by atoms with Crippen molar-refractivity contribution in [1.82, 2.24) is 15.2 Å². The Labute approximate surface area is 201 Å². The van der Waals surface area contributed by atoms with Gasteiger partial charge in [0, 0.05) is 56.5 Å². The fourth-order valence-electron chi connectivity index (χ4n) is 5.40. The highest BCUT2D eigenvalue weighted by Gasteiger charge is 2.44. The van der Waals surface area contributed by atoms with Crippen molar-refractivity contribution in [3.63, 3.8) is 0 Å². The predicted octanol–water partition coefficient (Wildman–Crippen LogP) is 4.36. The molecule has 3 aliphatic rings. The summed E-state index contributed by atoms with van der Waals surface area (Å²) in [7, 11) is 0. The number of aromatic nitrogens is 1. The number of amides is 2. The molecule has 5 rings (SSSR count). The summed E-state index contributed by atoms with van der Waals surface area (Å²) in [6.45, 7) is 2.74. The number of nitrogens with one attached hydrogen (secondary N) is 2. The van der Waals surface area contributed by atoms with Crippen LogP contribution in [0.5, 0.6) is 5.75 Å². The van der Waals surface area contributed by atoms with E-state index in [4.69, 9.17) is 4.74 Å². The molecule has 1 aromatic heterocycles. The summed E-state index contributed by atoms with van der Waals surface area (Å²) >= 11 is 0. The second-order valence-corrected chi connectivity index (χ2v) is 10.00. The Morgan fingerprint density at radius 3 is 2.59 bits per heavy atom. The molecule has 1 atom stereocenters. The fourth-order valence-corrected chi connectivity index (χ4v) is 5.40. The molecule has 2 amide bonds. The molecule has 2 N–H and O–H groups in total. The largest absolute Gasteiger partial charge is 0.478 e. The van der Waals surface area contributed by atoms with Crippen molar-refractivity contribution in [3.05, 3.63) is 54.4 Å². The van der Waals surface area contributed by atoms with Gasteiger partial charge in [0.05, 0.1) is 0 Å². The number of likely N-dealkylation sites (tertiary alicyclic amines) is 1. The van der Waals surface area contributed by atoms with Gasteiger partial charge in [-0.1, -0.05) is 38.2 Å². The number of carbonyl (C=O) groups excluding carboxylic acids is 2. The van der Waals surface area contributed by atoms with E-state index in [1.54, 1.807) is 11.1 Å². The van der Waals surface area contributed by atoms with Crippen LogP contribution in [0.25, 0.3) is 0 Å². The first kappa shape index (κ1) is 22.8. The monoisotopic (exact) mass is 462 g/mol. The topological polar surface area (TPSA) is 83.6 Å². The Hall–Kier alpha value is -2.93. The van der Waals surface area contributed by atoms with Crippen molar-refractivity contribution >= 4 is 17.5 Å². The van der Waals surface area contributed by atoms with Crippen LogP contribution in [-0.2, 0) is 4.79 Å². The lowest BCUT2D eigenvalue weighted by Crippen LogP contribution is -2.50. The van der Waals surface area contributed by atoms with Crippen LogP contribution in [0.3, 0.4) is 0 Å². The first-order chi connectivity index (χ1) is 16.6. The molecule has 180 valence electrons. The number of benzene rings is 1. The van der Waals surface area contributed by atoms with Gasteiger partial charge in [-0.15, -0.1) is 0 Å². The molecule has 0 bridgehead atoms. The highest BCUT2D eigenvalue weighted by Crippen LogP contribution is 2.33. The number of anilines is 1. The number of hydrogen-bond donors (Lipinski definition) is 2. The maximum absolute atomic E-state index is 13.3. The Bertz CT molecular complexity index is 977. The summed E-state index contributed by atoms with van der Waals surface area (Å²) in [6.07, 6.45) is 11.0. The summed E-state index contributed by atoms with van der Waals surface area (Å²) in [6, 6.07) is 11.2. The molecular weight excluding hydrogens is 428 g/mol. The molecule has 3 heterocycles. The Balaban J connectivity index is 1.15. The average Bonchev–Trinajstić information content (AvgIpc) is 3.31. The van der Waals surface area contributed by atoms with E-state index in [-0.39, 0.29) is 11.8 Å². The number of carbonyl (C=O) groups is 2. The molecule has 2 aromatic rings. The number of urea groups is 1. The van der Waals surface area contributed by atoms with Crippen LogP contribution in [0.2, 0.25) is 0 Å². The van der Waals surface area contributed by atoms with Gasteiger partial charge in [-0.05, 0) is 48.4 Å². The third-order valence-corrected chi connectivity index (χ3v) is 7.57. The van der Waals surface area contributed by atoms with E-state index >= 15 is 0 Å². The predicted molar refractivity (Wildman–Crippen MR) is 131 cm³/mol. The number of rotatable bonds is 7. The molecule has 0 spiro atoms. The quantitative estimate of drug-likeness (QED) is 0.639. The van der Waals surface area contributed by atoms with Crippen molar-refractivity contribution in [1.29, 1.82) is 0 Å². The lowest BCUT2D eigenvalue weighted by molar-refractivity contribution is -0.134. The lowest BCUT2D eigenvalue weighted by Gasteiger charge is -2.39. The van der Waals surface area contributed by atoms with Crippen molar-refractivity contribution in [3.8, 4) is 5.75 Å². The minimum Gasteiger partial charge on any atom is -0.478 e. The first-order valence-corrected chi connectivity index (χ1v) is 12.6. The van der Waals surface area contributed by atoms with Crippen LogP contribution in [0.15, 0.2) is 48.8 Å². The van der Waals surface area contributed by atoms with Crippen LogP contribution >= 0.6 is 0 Å². The van der Waals surface area contributed by atoms with Gasteiger partial charge >= 0.3 is 6.03 Å². The van der Waals surface area contributed by atoms with Gasteiger partial charge in [-0.25, -0.2) is 4.79 Å². The van der Waals surface area contributed by atoms with E-state index in [9.17, 15) is 9.59 Å². The van der Waals surface area contributed by atoms with Crippen LogP contribution < -0.4 is 15.4 Å². The van der Waals surface area contributed by atoms with E-state index in [2.05, 4.69) is 21.7 Å². The molecule has 0 unspecified atom stereocenters. The van der Waals surface area contributed by atoms with Gasteiger partial charge in [0.1, 0.15) is 5.75 Å². The highest BCUT2D eigenvalue weighted by molar-refractivity contribution is 5.90. The molecule has 7 heteroatoms. The van der Waals surface area contributed by atoms with E-state index in [0.717, 1.165) is 19.4 Å². The highest BCUT2D eigenvalue weighted by atomic mass is 16.5. The fraction of sp³-hybridized carbons (Fsp3) is 0.519. The van der Waals surface area contributed by atoms with Gasteiger partial charge in [-0.3, -0.25) is 9.78 Å². The van der Waals surface area contributed by atoms with Crippen LogP contribution in [0, 0.1) is 5.92 Å². The smallest absolute Gasteiger partial charge is 0.321 e. The van der Waals surface area contributed by atoms with Gasteiger partial charge in [0.25, 0.3) is 0 Å². The molecule has 1 aromatic carbocycles. The van der Waals surface area contributed by atoms with Crippen molar-refractivity contribution in [2.24, 2.45) is 5.92 Å². The van der Waals surface area contributed by atoms with Crippen LogP contribution in [-0.4, -0.2) is 53.5 Å². The van der Waals surface area contributed by atoms with Crippen LogP contribution in [0.4, 0.5) is 10.5 Å². The zero-order valence-electron chi connectivity index (χ0n) is 19.7. The first-order valence-electron chi connectivity index (χ1n) is 12.6. The minimum atomic E-state index is -0.777. The maximum atomic E-state index is 13.3. The molecule has 0 radical (unpaired) electrons. The number of pyridine rings is 1. The second-order valence-electron chi connectivity index (χ2n) is 10.00. The zero-order valence-corrected chi connectivity index (χ0v) is 19.7. The molecule has 2 saturated heterocycles. The Morgan fingerprint density at radius 2 is 1.91 bits per heavy atom. The molecule has 34 heavy (non-hydrogen) atoms. The normalized spacial score (nSPS) is 23.4. The standard InChI is InChI=1S/C27H34N4O3/c32-25(15-20-5-2-1-3-6-20)27(12-14-29-19-27)34-24-10-8-23(9-11-24)30-26(33)31-17-22(18-31)21-7-4-13-28-16-21/h4,7-11,13,16,20,22,29H,1-3,5-6,12,14-15,17-19H2,(H,30,33)/t27-/m1/s1. The number of hydrogen-bond acceptors (Lipinski definition) is 5. The second kappa shape index (κ2) is 10.1. The Morgan fingerprint density at radius 1 is 1.12 bits per heavy atom. The molecule has 3 fully saturated rings. The Kier molecular flexibility index (Phi) is 6.81. The van der Waals surface area contributed by atoms with E-state index in [1.165, 1.54) is 24.8 Å². The van der Waals surface area contributed by atoms with E-state index in [0.29, 0.717) is 55.7 Å². The molecule has 1 saturated carbocycles. The van der Waals surface area contributed by atoms with Crippen molar-refractivity contribution < 1.29 is 14.3 Å². The molecular formula is C27H34N4O3.